The highest BCUT2D eigenvalue weighted by Gasteiger charge is 2.42. The molecule has 1 aromatic heterocycles. The van der Waals surface area contributed by atoms with Crippen molar-refractivity contribution in [2.24, 2.45) is 18.9 Å². The van der Waals surface area contributed by atoms with Crippen molar-refractivity contribution in [3.8, 4) is 0 Å². The molecule has 2 aliphatic rings. The SMILES string of the molecule is C[C@@H]1C[C@@H]1C(=O)N1CCO[C@@H](CS(=O)(=O)NCc2cnn(C)c2)C1. The number of hydrogen-bond acceptors (Lipinski definition) is 5. The monoisotopic (exact) mass is 356 g/mol. The molecular formula is C15H24N4O4S. The smallest absolute Gasteiger partial charge is 0.226 e. The Morgan fingerprint density at radius 2 is 2.25 bits per heavy atom. The second kappa shape index (κ2) is 6.81. The number of carbonyl (C=O) groups excluding carboxylic acids is 1. The van der Waals surface area contributed by atoms with Crippen molar-refractivity contribution in [2.45, 2.75) is 26.0 Å². The highest BCUT2D eigenvalue weighted by Crippen LogP contribution is 2.39. The first-order valence-corrected chi connectivity index (χ1v) is 9.84. The van der Waals surface area contributed by atoms with Gasteiger partial charge in [-0.15, -0.1) is 0 Å². The summed E-state index contributed by atoms with van der Waals surface area (Å²) >= 11 is 0. The first-order chi connectivity index (χ1) is 11.3. The van der Waals surface area contributed by atoms with Crippen LogP contribution in [0.3, 0.4) is 0 Å². The van der Waals surface area contributed by atoms with Crippen molar-refractivity contribution in [1.82, 2.24) is 19.4 Å². The van der Waals surface area contributed by atoms with Gasteiger partial charge in [-0.3, -0.25) is 9.48 Å². The van der Waals surface area contributed by atoms with Gasteiger partial charge in [-0.25, -0.2) is 13.1 Å². The summed E-state index contributed by atoms with van der Waals surface area (Å²) in [6.45, 7) is 3.53. The van der Waals surface area contributed by atoms with Crippen LogP contribution in [0.25, 0.3) is 0 Å². The fraction of sp³-hybridized carbons (Fsp3) is 0.733. The number of nitrogens with zero attached hydrogens (tertiary/aromatic N) is 3. The number of carbonyl (C=O) groups is 1. The van der Waals surface area contributed by atoms with Crippen LogP contribution in [0.2, 0.25) is 0 Å². The van der Waals surface area contributed by atoms with Crippen LogP contribution < -0.4 is 4.72 Å². The van der Waals surface area contributed by atoms with E-state index in [1.54, 1.807) is 29.0 Å². The van der Waals surface area contributed by atoms with Crippen LogP contribution in [-0.4, -0.2) is 60.6 Å². The molecule has 3 rings (SSSR count). The molecule has 0 radical (unpaired) electrons. The largest absolute Gasteiger partial charge is 0.373 e. The second-order valence-corrected chi connectivity index (χ2v) is 8.57. The van der Waals surface area contributed by atoms with Gasteiger partial charge >= 0.3 is 0 Å². The van der Waals surface area contributed by atoms with Crippen LogP contribution in [0.4, 0.5) is 0 Å². The summed E-state index contributed by atoms with van der Waals surface area (Å²) in [5.74, 6) is 0.557. The standard InChI is InChI=1S/C15H24N4O4S/c1-11-5-14(11)15(20)19-3-4-23-13(9-19)10-24(21,22)17-7-12-6-16-18(2)8-12/h6,8,11,13-14,17H,3-5,7,9-10H2,1-2H3/t11-,13-,14+/m1/s1. The normalized spacial score (nSPS) is 27.2. The third-order valence-electron chi connectivity index (χ3n) is 4.54. The van der Waals surface area contributed by atoms with E-state index in [0.717, 1.165) is 12.0 Å². The van der Waals surface area contributed by atoms with Gasteiger partial charge in [0, 0.05) is 44.4 Å². The van der Waals surface area contributed by atoms with Gasteiger partial charge in [0.2, 0.25) is 15.9 Å². The van der Waals surface area contributed by atoms with E-state index < -0.39 is 16.1 Å². The van der Waals surface area contributed by atoms with Gasteiger partial charge in [-0.05, 0) is 12.3 Å². The topological polar surface area (TPSA) is 93.5 Å². The molecule has 1 N–H and O–H groups in total. The van der Waals surface area contributed by atoms with Crippen LogP contribution in [0.5, 0.6) is 0 Å². The van der Waals surface area contributed by atoms with Crippen molar-refractivity contribution in [2.75, 3.05) is 25.4 Å². The van der Waals surface area contributed by atoms with Crippen molar-refractivity contribution in [1.29, 1.82) is 0 Å². The summed E-state index contributed by atoms with van der Waals surface area (Å²) in [4.78, 5) is 14.0. The quantitative estimate of drug-likeness (QED) is 0.757. The van der Waals surface area contributed by atoms with Gasteiger partial charge in [-0.2, -0.15) is 5.10 Å². The number of nitrogens with one attached hydrogen (secondary N) is 1. The average molecular weight is 356 g/mol. The molecule has 8 nitrogen and oxygen atoms in total. The lowest BCUT2D eigenvalue weighted by Crippen LogP contribution is -2.49. The number of morpholine rings is 1. The fourth-order valence-electron chi connectivity index (χ4n) is 2.98. The van der Waals surface area contributed by atoms with E-state index in [1.807, 2.05) is 0 Å². The van der Waals surface area contributed by atoms with Gasteiger partial charge in [0.05, 0.1) is 24.7 Å². The van der Waals surface area contributed by atoms with Crippen molar-refractivity contribution >= 4 is 15.9 Å². The maximum atomic E-state index is 12.3. The van der Waals surface area contributed by atoms with Gasteiger partial charge < -0.3 is 9.64 Å². The Labute approximate surface area is 142 Å². The summed E-state index contributed by atoms with van der Waals surface area (Å²) in [5, 5.41) is 4.00. The number of hydrogen-bond donors (Lipinski definition) is 1. The average Bonchev–Trinajstić information content (AvgIpc) is 3.10. The Hall–Kier alpha value is -1.45. The van der Waals surface area contributed by atoms with Gasteiger partial charge in [0.15, 0.2) is 0 Å². The maximum Gasteiger partial charge on any atom is 0.226 e. The molecule has 2 fully saturated rings. The molecule has 1 aromatic rings. The van der Waals surface area contributed by atoms with E-state index in [0.29, 0.717) is 25.6 Å². The molecule has 1 saturated carbocycles. The van der Waals surface area contributed by atoms with Crippen molar-refractivity contribution < 1.29 is 17.9 Å². The zero-order valence-corrected chi connectivity index (χ0v) is 14.8. The first-order valence-electron chi connectivity index (χ1n) is 8.19. The van der Waals surface area contributed by atoms with Crippen LogP contribution in [0.1, 0.15) is 18.9 Å². The molecule has 0 bridgehead atoms. The lowest BCUT2D eigenvalue weighted by atomic mass is 10.2. The van der Waals surface area contributed by atoms with E-state index in [4.69, 9.17) is 4.74 Å². The van der Waals surface area contributed by atoms with Gasteiger partial charge in [-0.1, -0.05) is 6.92 Å². The zero-order valence-electron chi connectivity index (χ0n) is 14.0. The predicted octanol–water partition coefficient (Wildman–Crippen LogP) is -0.277. The van der Waals surface area contributed by atoms with E-state index in [9.17, 15) is 13.2 Å². The minimum Gasteiger partial charge on any atom is -0.373 e. The number of aromatic nitrogens is 2. The highest BCUT2D eigenvalue weighted by molar-refractivity contribution is 7.89. The van der Waals surface area contributed by atoms with E-state index in [2.05, 4.69) is 16.7 Å². The molecule has 0 spiro atoms. The first kappa shape index (κ1) is 17.4. The summed E-state index contributed by atoms with van der Waals surface area (Å²) in [6.07, 6.45) is 3.84. The molecular weight excluding hydrogens is 332 g/mol. The molecule has 2 heterocycles. The van der Waals surface area contributed by atoms with E-state index >= 15 is 0 Å². The predicted molar refractivity (Wildman–Crippen MR) is 87.4 cm³/mol. The summed E-state index contributed by atoms with van der Waals surface area (Å²) in [7, 11) is -1.71. The number of ether oxygens (including phenoxy) is 1. The van der Waals surface area contributed by atoms with E-state index in [1.165, 1.54) is 0 Å². The zero-order chi connectivity index (χ0) is 17.3. The molecule has 9 heteroatoms. The molecule has 24 heavy (non-hydrogen) atoms. The number of amides is 1. The molecule has 1 saturated heterocycles. The molecule has 0 aromatic carbocycles. The highest BCUT2D eigenvalue weighted by atomic mass is 32.2. The molecule has 0 unspecified atom stereocenters. The van der Waals surface area contributed by atoms with Crippen LogP contribution >= 0.6 is 0 Å². The second-order valence-electron chi connectivity index (χ2n) is 6.72. The maximum absolute atomic E-state index is 12.3. The molecule has 1 aliphatic carbocycles. The Bertz CT molecular complexity index is 702. The summed E-state index contributed by atoms with van der Waals surface area (Å²) in [5.41, 5.74) is 0.796. The van der Waals surface area contributed by atoms with Gasteiger partial charge in [0.25, 0.3) is 0 Å². The fourth-order valence-corrected chi connectivity index (χ4v) is 4.18. The lowest BCUT2D eigenvalue weighted by molar-refractivity contribution is -0.139. The molecule has 1 aliphatic heterocycles. The third kappa shape index (κ3) is 4.34. The lowest BCUT2D eigenvalue weighted by Gasteiger charge is -2.33. The number of sulfonamides is 1. The third-order valence-corrected chi connectivity index (χ3v) is 5.93. The number of rotatable bonds is 6. The van der Waals surface area contributed by atoms with Crippen LogP contribution in [-0.2, 0) is 33.1 Å². The minimum absolute atomic E-state index is 0.115. The molecule has 134 valence electrons. The molecule has 3 atom stereocenters. The van der Waals surface area contributed by atoms with Crippen molar-refractivity contribution in [3.05, 3.63) is 18.0 Å². The Morgan fingerprint density at radius 3 is 2.88 bits per heavy atom. The van der Waals surface area contributed by atoms with Gasteiger partial charge in [0.1, 0.15) is 0 Å². The Kier molecular flexibility index (Phi) is 4.93. The molecule has 1 amide bonds. The summed E-state index contributed by atoms with van der Waals surface area (Å²) < 4.78 is 34.2. The Morgan fingerprint density at radius 1 is 1.50 bits per heavy atom. The van der Waals surface area contributed by atoms with Crippen LogP contribution in [0.15, 0.2) is 12.4 Å². The number of aryl methyl sites for hydroxylation is 1. The summed E-state index contributed by atoms with van der Waals surface area (Å²) in [6, 6.07) is 0. The van der Waals surface area contributed by atoms with E-state index in [-0.39, 0.29) is 24.1 Å². The Balaban J connectivity index is 1.51. The van der Waals surface area contributed by atoms with Crippen LogP contribution in [0, 0.1) is 11.8 Å². The minimum atomic E-state index is -3.48. The van der Waals surface area contributed by atoms with Crippen molar-refractivity contribution in [3.63, 3.8) is 0 Å².